The first-order valence-electron chi connectivity index (χ1n) is 4.68. The molecular formula is C9H18Cl2Si. The minimum atomic E-state index is -2.00. The molecule has 0 fully saturated rings. The fourth-order valence-corrected chi connectivity index (χ4v) is 3.79. The van der Waals surface area contributed by atoms with Crippen LogP contribution < -0.4 is 0 Å². The van der Waals surface area contributed by atoms with Crippen LogP contribution in [0.3, 0.4) is 0 Å². The van der Waals surface area contributed by atoms with Gasteiger partial charge < -0.3 is 0 Å². The maximum atomic E-state index is 6.17. The van der Waals surface area contributed by atoms with Gasteiger partial charge in [0.2, 0.25) is 0 Å². The smallest absolute Gasteiger partial charge is 0.140 e. The van der Waals surface area contributed by atoms with Gasteiger partial charge in [-0.05, 0) is 12.5 Å². The van der Waals surface area contributed by atoms with E-state index in [2.05, 4.69) is 19.9 Å². The summed E-state index contributed by atoms with van der Waals surface area (Å²) < 4.78 is 0. The lowest BCUT2D eigenvalue weighted by Crippen LogP contribution is -2.14. The average Bonchev–Trinajstić information content (AvgIpc) is 2.01. The van der Waals surface area contributed by atoms with E-state index < -0.39 is 6.69 Å². The number of unbranched alkanes of at least 4 members (excludes halogenated alkanes) is 2. The Labute approximate surface area is 86.4 Å². The van der Waals surface area contributed by atoms with Gasteiger partial charge in [0.1, 0.15) is 0 Å². The molecule has 0 nitrogen and oxygen atoms in total. The van der Waals surface area contributed by atoms with Crippen molar-refractivity contribution in [3.05, 3.63) is 11.8 Å². The van der Waals surface area contributed by atoms with E-state index in [9.17, 15) is 0 Å². The summed E-state index contributed by atoms with van der Waals surface area (Å²) in [5.74, 6) is 0. The predicted molar refractivity (Wildman–Crippen MR) is 61.2 cm³/mol. The van der Waals surface area contributed by atoms with Crippen LogP contribution >= 0.6 is 22.2 Å². The van der Waals surface area contributed by atoms with Crippen LogP contribution in [0.15, 0.2) is 11.8 Å². The van der Waals surface area contributed by atoms with Crippen molar-refractivity contribution in [1.82, 2.24) is 0 Å². The lowest BCUT2D eigenvalue weighted by atomic mass is 10.3. The quantitative estimate of drug-likeness (QED) is 0.352. The Morgan fingerprint density at radius 1 is 1.17 bits per heavy atom. The van der Waals surface area contributed by atoms with Gasteiger partial charge in [-0.15, -0.1) is 22.2 Å². The minimum absolute atomic E-state index is 1.00. The molecule has 0 spiro atoms. The second-order valence-electron chi connectivity index (χ2n) is 3.03. The van der Waals surface area contributed by atoms with Gasteiger partial charge in [-0.3, -0.25) is 0 Å². The van der Waals surface area contributed by atoms with Crippen molar-refractivity contribution in [3.63, 3.8) is 0 Å². The summed E-state index contributed by atoms with van der Waals surface area (Å²) in [4.78, 5) is 0. The van der Waals surface area contributed by atoms with E-state index in [1.165, 1.54) is 19.3 Å². The van der Waals surface area contributed by atoms with Crippen LogP contribution in [0, 0.1) is 0 Å². The third-order valence-corrected chi connectivity index (χ3v) is 5.34. The van der Waals surface area contributed by atoms with Crippen molar-refractivity contribution in [2.24, 2.45) is 0 Å². The highest BCUT2D eigenvalue weighted by Crippen LogP contribution is 2.25. The molecular weight excluding hydrogens is 207 g/mol. The van der Waals surface area contributed by atoms with Gasteiger partial charge in [0.25, 0.3) is 6.69 Å². The Morgan fingerprint density at radius 2 is 1.83 bits per heavy atom. The van der Waals surface area contributed by atoms with E-state index in [0.717, 1.165) is 12.5 Å². The predicted octanol–water partition coefficient (Wildman–Crippen LogP) is 4.60. The van der Waals surface area contributed by atoms with Gasteiger partial charge in [-0.25, -0.2) is 0 Å². The largest absolute Gasteiger partial charge is 0.273 e. The zero-order valence-electron chi connectivity index (χ0n) is 7.95. The first kappa shape index (κ1) is 12.5. The van der Waals surface area contributed by atoms with Gasteiger partial charge in [0.05, 0.1) is 0 Å². The molecule has 0 amide bonds. The van der Waals surface area contributed by atoms with E-state index >= 15 is 0 Å². The molecule has 0 aliphatic carbocycles. The zero-order valence-corrected chi connectivity index (χ0v) is 10.5. The normalized spacial score (nSPS) is 12.7. The molecule has 0 aliphatic heterocycles. The molecule has 0 aromatic heterocycles. The van der Waals surface area contributed by atoms with Gasteiger partial charge in [-0.1, -0.05) is 44.9 Å². The third kappa shape index (κ3) is 7.20. The van der Waals surface area contributed by atoms with Gasteiger partial charge >= 0.3 is 0 Å². The van der Waals surface area contributed by atoms with Crippen molar-refractivity contribution in [2.75, 3.05) is 0 Å². The second kappa shape index (κ2) is 6.99. The summed E-state index contributed by atoms with van der Waals surface area (Å²) in [6.45, 7) is 2.29. The summed E-state index contributed by atoms with van der Waals surface area (Å²) >= 11 is 12.3. The summed E-state index contributed by atoms with van der Waals surface area (Å²) in [5, 5.41) is 0. The molecule has 0 rings (SSSR count). The Balaban J connectivity index is 3.63. The van der Waals surface area contributed by atoms with E-state index in [-0.39, 0.29) is 0 Å². The molecule has 0 heterocycles. The Bertz CT molecular complexity index is 132. The van der Waals surface area contributed by atoms with Crippen molar-refractivity contribution < 1.29 is 0 Å². The van der Waals surface area contributed by atoms with Crippen molar-refractivity contribution in [1.29, 1.82) is 0 Å². The maximum absolute atomic E-state index is 6.17. The van der Waals surface area contributed by atoms with E-state index in [1.54, 1.807) is 0 Å². The van der Waals surface area contributed by atoms with Crippen molar-refractivity contribution >= 4 is 28.9 Å². The monoisotopic (exact) mass is 224 g/mol. The molecule has 0 saturated carbocycles. The Kier molecular flexibility index (Phi) is 7.30. The standard InChI is InChI=1S/C9H18Cl2Si/c1-3-5-7-9-12(10,11)8-6-4-2/h6,8H,3-5,7,9H2,1-2H3. The average molecular weight is 225 g/mol. The molecule has 0 saturated heterocycles. The van der Waals surface area contributed by atoms with Crippen LogP contribution in [0.2, 0.25) is 6.04 Å². The van der Waals surface area contributed by atoms with Crippen molar-refractivity contribution in [2.45, 2.75) is 45.6 Å². The maximum Gasteiger partial charge on any atom is 0.273 e. The van der Waals surface area contributed by atoms with E-state index in [4.69, 9.17) is 22.2 Å². The topological polar surface area (TPSA) is 0 Å². The van der Waals surface area contributed by atoms with Crippen LogP contribution in [0.4, 0.5) is 0 Å². The molecule has 0 unspecified atom stereocenters. The number of hydrogen-bond donors (Lipinski definition) is 0. The Hall–Kier alpha value is 0.537. The summed E-state index contributed by atoms with van der Waals surface area (Å²) in [5.41, 5.74) is 2.03. The fourth-order valence-electron chi connectivity index (χ4n) is 0.984. The van der Waals surface area contributed by atoms with Crippen molar-refractivity contribution in [3.8, 4) is 0 Å². The zero-order chi connectivity index (χ0) is 9.45. The lowest BCUT2D eigenvalue weighted by molar-refractivity contribution is 0.768. The molecule has 0 aliphatic rings. The fraction of sp³-hybridized carbons (Fsp3) is 0.778. The molecule has 72 valence electrons. The molecule has 12 heavy (non-hydrogen) atoms. The number of allylic oxidation sites excluding steroid dienone is 1. The number of halogens is 2. The van der Waals surface area contributed by atoms with Crippen LogP contribution in [0.25, 0.3) is 0 Å². The number of hydrogen-bond acceptors (Lipinski definition) is 0. The molecule has 0 atom stereocenters. The summed E-state index contributed by atoms with van der Waals surface area (Å²) in [6, 6.07) is 1.00. The minimum Gasteiger partial charge on any atom is -0.140 e. The van der Waals surface area contributed by atoms with Crippen LogP contribution in [0.1, 0.15) is 39.5 Å². The number of rotatable bonds is 6. The molecule has 0 aromatic carbocycles. The lowest BCUT2D eigenvalue weighted by Gasteiger charge is -2.10. The summed E-state index contributed by atoms with van der Waals surface area (Å²) in [6.07, 6.45) is 6.76. The van der Waals surface area contributed by atoms with E-state index in [0.29, 0.717) is 0 Å². The van der Waals surface area contributed by atoms with Crippen LogP contribution in [-0.2, 0) is 0 Å². The van der Waals surface area contributed by atoms with Gasteiger partial charge in [-0.2, -0.15) is 0 Å². The highest BCUT2D eigenvalue weighted by Gasteiger charge is 2.23. The molecule has 0 N–H and O–H groups in total. The van der Waals surface area contributed by atoms with Gasteiger partial charge in [0.15, 0.2) is 0 Å². The molecule has 0 aromatic rings. The summed E-state index contributed by atoms with van der Waals surface area (Å²) in [7, 11) is 0. The van der Waals surface area contributed by atoms with Crippen LogP contribution in [0.5, 0.6) is 0 Å². The SMILES string of the molecule is CCC=C[Si](Cl)(Cl)CCCCC. The molecule has 0 bridgehead atoms. The van der Waals surface area contributed by atoms with Crippen LogP contribution in [-0.4, -0.2) is 6.69 Å². The Morgan fingerprint density at radius 3 is 2.33 bits per heavy atom. The molecule has 3 heteroatoms. The van der Waals surface area contributed by atoms with Gasteiger partial charge in [0, 0.05) is 0 Å². The first-order chi connectivity index (χ1) is 5.62. The highest BCUT2D eigenvalue weighted by molar-refractivity contribution is 7.47. The van der Waals surface area contributed by atoms with E-state index in [1.807, 2.05) is 5.70 Å². The first-order valence-corrected chi connectivity index (χ1v) is 8.98. The third-order valence-electron chi connectivity index (χ3n) is 1.71. The highest BCUT2D eigenvalue weighted by atomic mass is 35.7. The second-order valence-corrected chi connectivity index (χ2v) is 10.0. The molecule has 0 radical (unpaired) electrons.